The maximum absolute atomic E-state index is 3.84. The van der Waals surface area contributed by atoms with Crippen LogP contribution in [0.15, 0.2) is 48.6 Å². The number of benzene rings is 1. The Morgan fingerprint density at radius 1 is 1.25 bits per heavy atom. The second-order valence-electron chi connectivity index (χ2n) is 4.12. The van der Waals surface area contributed by atoms with Crippen molar-refractivity contribution in [3.8, 4) is 0 Å². The van der Waals surface area contributed by atoms with E-state index in [-0.39, 0.29) is 0 Å². The van der Waals surface area contributed by atoms with Crippen LogP contribution in [-0.2, 0) is 0 Å². The van der Waals surface area contributed by atoms with Gasteiger partial charge in [-0.05, 0) is 50.0 Å². The van der Waals surface area contributed by atoms with Gasteiger partial charge in [0.1, 0.15) is 0 Å². The molecule has 0 radical (unpaired) electrons. The summed E-state index contributed by atoms with van der Waals surface area (Å²) in [4.78, 5) is 0. The highest BCUT2D eigenvalue weighted by Gasteiger charge is 2.04. The van der Waals surface area contributed by atoms with E-state index < -0.39 is 0 Å². The van der Waals surface area contributed by atoms with Gasteiger partial charge in [0.2, 0.25) is 0 Å². The van der Waals surface area contributed by atoms with Gasteiger partial charge in [0.15, 0.2) is 0 Å². The van der Waals surface area contributed by atoms with Gasteiger partial charge in [0.25, 0.3) is 0 Å². The molecule has 0 aliphatic heterocycles. The molecule has 0 aliphatic carbocycles. The third kappa shape index (κ3) is 2.73. The summed E-state index contributed by atoms with van der Waals surface area (Å²) in [5, 5.41) is 0. The van der Waals surface area contributed by atoms with Gasteiger partial charge in [-0.2, -0.15) is 0 Å². The van der Waals surface area contributed by atoms with Crippen LogP contribution in [0.5, 0.6) is 0 Å². The third-order valence-corrected chi connectivity index (χ3v) is 2.74. The van der Waals surface area contributed by atoms with Crippen molar-refractivity contribution in [3.63, 3.8) is 0 Å². The molecule has 0 atom stereocenters. The van der Waals surface area contributed by atoms with E-state index in [0.717, 1.165) is 0 Å². The summed E-state index contributed by atoms with van der Waals surface area (Å²) in [5.74, 6) is 0. The van der Waals surface area contributed by atoms with Gasteiger partial charge < -0.3 is 0 Å². The third-order valence-electron chi connectivity index (χ3n) is 2.74. The monoisotopic (exact) mass is 212 g/mol. The lowest BCUT2D eigenvalue weighted by Gasteiger charge is -2.10. The first-order valence-corrected chi connectivity index (χ1v) is 5.63. The van der Waals surface area contributed by atoms with E-state index in [4.69, 9.17) is 0 Å². The minimum absolute atomic E-state index is 1.21. The largest absolute Gasteiger partial charge is 0.0988 e. The Kier molecular flexibility index (Phi) is 4.30. The van der Waals surface area contributed by atoms with Crippen molar-refractivity contribution in [1.82, 2.24) is 0 Å². The Bertz CT molecular complexity index is 445. The van der Waals surface area contributed by atoms with Gasteiger partial charge in [-0.3, -0.25) is 0 Å². The smallest absolute Gasteiger partial charge is 0.0152 e. The molecule has 1 aromatic rings. The molecule has 0 spiro atoms. The van der Waals surface area contributed by atoms with Crippen molar-refractivity contribution >= 4 is 5.57 Å². The molecule has 0 saturated heterocycles. The van der Waals surface area contributed by atoms with Gasteiger partial charge in [-0.15, -0.1) is 0 Å². The van der Waals surface area contributed by atoms with Gasteiger partial charge in [-0.25, -0.2) is 0 Å². The van der Waals surface area contributed by atoms with Crippen LogP contribution in [0, 0.1) is 13.8 Å². The predicted molar refractivity (Wildman–Crippen MR) is 73.5 cm³/mol. The minimum Gasteiger partial charge on any atom is -0.0988 e. The molecule has 0 heterocycles. The van der Waals surface area contributed by atoms with Crippen LogP contribution in [0.2, 0.25) is 0 Å². The standard InChI is InChI=1S/C16H20/c1-6-8-15(13(4)7-2)16-10-9-12(3)11-14(16)5/h6-11H,2H2,1,3-5H3/b8-6-,15-13+. The predicted octanol–water partition coefficient (Wildman–Crippen LogP) is 4.84. The average Bonchev–Trinajstić information content (AvgIpc) is 2.26. The molecule has 0 fully saturated rings. The Labute approximate surface area is 99.0 Å². The van der Waals surface area contributed by atoms with E-state index in [1.165, 1.54) is 27.8 Å². The first kappa shape index (κ1) is 12.5. The molecule has 0 aromatic heterocycles. The lowest BCUT2D eigenvalue weighted by Crippen LogP contribution is -1.90. The SMILES string of the molecule is C=C/C(C)=C(\C=C/C)c1ccc(C)cc1C. The Morgan fingerprint density at radius 3 is 2.44 bits per heavy atom. The van der Waals surface area contributed by atoms with E-state index >= 15 is 0 Å². The molecule has 0 N–H and O–H groups in total. The highest BCUT2D eigenvalue weighted by molar-refractivity contribution is 5.79. The Hall–Kier alpha value is -1.56. The molecule has 0 unspecified atom stereocenters. The fourth-order valence-corrected chi connectivity index (χ4v) is 1.83. The van der Waals surface area contributed by atoms with Crippen LogP contribution >= 0.6 is 0 Å². The zero-order valence-corrected chi connectivity index (χ0v) is 10.7. The topological polar surface area (TPSA) is 0 Å². The lowest BCUT2D eigenvalue weighted by molar-refractivity contribution is 1.35. The van der Waals surface area contributed by atoms with Crippen LogP contribution in [0.4, 0.5) is 0 Å². The summed E-state index contributed by atoms with van der Waals surface area (Å²) in [6, 6.07) is 6.56. The molecule has 1 rings (SSSR count). The van der Waals surface area contributed by atoms with E-state index in [0.29, 0.717) is 0 Å². The number of allylic oxidation sites excluding steroid dienone is 5. The first-order valence-electron chi connectivity index (χ1n) is 5.63. The molecule has 0 nitrogen and oxygen atoms in total. The maximum atomic E-state index is 3.84. The van der Waals surface area contributed by atoms with E-state index in [2.05, 4.69) is 57.7 Å². The second-order valence-corrected chi connectivity index (χ2v) is 4.12. The highest BCUT2D eigenvalue weighted by Crippen LogP contribution is 2.24. The summed E-state index contributed by atoms with van der Waals surface area (Å²) in [7, 11) is 0. The molecule has 0 heteroatoms. The number of hydrogen-bond acceptors (Lipinski definition) is 0. The van der Waals surface area contributed by atoms with Crippen LogP contribution < -0.4 is 0 Å². The first-order chi connectivity index (χ1) is 7.60. The summed E-state index contributed by atoms with van der Waals surface area (Å²) >= 11 is 0. The fourth-order valence-electron chi connectivity index (χ4n) is 1.83. The van der Waals surface area contributed by atoms with Gasteiger partial charge in [-0.1, -0.05) is 48.6 Å². The van der Waals surface area contributed by atoms with Crippen molar-refractivity contribution in [1.29, 1.82) is 0 Å². The van der Waals surface area contributed by atoms with Crippen molar-refractivity contribution in [2.24, 2.45) is 0 Å². The van der Waals surface area contributed by atoms with Gasteiger partial charge >= 0.3 is 0 Å². The van der Waals surface area contributed by atoms with E-state index in [1.807, 2.05) is 13.0 Å². The lowest BCUT2D eigenvalue weighted by atomic mass is 9.95. The molecule has 16 heavy (non-hydrogen) atoms. The quantitative estimate of drug-likeness (QED) is 0.629. The van der Waals surface area contributed by atoms with Crippen LogP contribution in [0.1, 0.15) is 30.5 Å². The summed E-state index contributed by atoms with van der Waals surface area (Å²) in [6.07, 6.45) is 6.13. The zero-order valence-electron chi connectivity index (χ0n) is 10.7. The molecule has 0 aliphatic rings. The molecule has 0 saturated carbocycles. The van der Waals surface area contributed by atoms with Crippen LogP contribution in [0.25, 0.3) is 5.57 Å². The van der Waals surface area contributed by atoms with Crippen molar-refractivity contribution in [3.05, 3.63) is 65.3 Å². The van der Waals surface area contributed by atoms with Crippen LogP contribution in [0.3, 0.4) is 0 Å². The summed E-state index contributed by atoms with van der Waals surface area (Å²) < 4.78 is 0. The van der Waals surface area contributed by atoms with E-state index in [9.17, 15) is 0 Å². The minimum atomic E-state index is 1.21. The maximum Gasteiger partial charge on any atom is -0.0152 e. The zero-order chi connectivity index (χ0) is 12.1. The van der Waals surface area contributed by atoms with Gasteiger partial charge in [0.05, 0.1) is 0 Å². The van der Waals surface area contributed by atoms with Crippen molar-refractivity contribution in [2.45, 2.75) is 27.7 Å². The Balaban J connectivity index is 3.38. The number of rotatable bonds is 3. The van der Waals surface area contributed by atoms with Crippen LogP contribution in [-0.4, -0.2) is 0 Å². The molecular weight excluding hydrogens is 192 g/mol. The normalized spacial score (nSPS) is 12.8. The van der Waals surface area contributed by atoms with Crippen molar-refractivity contribution < 1.29 is 0 Å². The number of aryl methyl sites for hydroxylation is 2. The molecular formula is C16H20. The van der Waals surface area contributed by atoms with Crippen molar-refractivity contribution in [2.75, 3.05) is 0 Å². The summed E-state index contributed by atoms with van der Waals surface area (Å²) in [6.45, 7) is 12.3. The fraction of sp³-hybridized carbons (Fsp3) is 0.250. The molecule has 84 valence electrons. The summed E-state index contributed by atoms with van der Waals surface area (Å²) in [5.41, 5.74) is 6.38. The average molecular weight is 212 g/mol. The Morgan fingerprint density at radius 2 is 1.94 bits per heavy atom. The number of hydrogen-bond donors (Lipinski definition) is 0. The van der Waals surface area contributed by atoms with Gasteiger partial charge in [0, 0.05) is 0 Å². The second kappa shape index (κ2) is 5.50. The molecule has 0 amide bonds. The van der Waals surface area contributed by atoms with E-state index in [1.54, 1.807) is 0 Å². The molecule has 1 aromatic carbocycles. The molecule has 0 bridgehead atoms. The highest BCUT2D eigenvalue weighted by atomic mass is 14.1.